The van der Waals surface area contributed by atoms with E-state index in [1.54, 1.807) is 0 Å². The van der Waals surface area contributed by atoms with Crippen LogP contribution >= 0.6 is 0 Å². The maximum atomic E-state index is 5.88. The van der Waals surface area contributed by atoms with Gasteiger partial charge in [0.05, 0.1) is 6.61 Å². The zero-order valence-electron chi connectivity index (χ0n) is 14.9. The number of aryl methyl sites for hydroxylation is 1. The van der Waals surface area contributed by atoms with Crippen LogP contribution in [-0.4, -0.2) is 13.2 Å². The second kappa shape index (κ2) is 9.44. The summed E-state index contributed by atoms with van der Waals surface area (Å²) in [4.78, 5) is 0. The fourth-order valence-corrected chi connectivity index (χ4v) is 2.74. The molecule has 126 valence electrons. The van der Waals surface area contributed by atoms with E-state index in [1.165, 1.54) is 16.7 Å². The van der Waals surface area contributed by atoms with Crippen molar-refractivity contribution in [3.05, 3.63) is 47.1 Å². The zero-order chi connectivity index (χ0) is 16.5. The number of allylic oxidation sites excluding steroid dienone is 3. The predicted molar refractivity (Wildman–Crippen MR) is 97.4 cm³/mol. The Morgan fingerprint density at radius 3 is 2.87 bits per heavy atom. The van der Waals surface area contributed by atoms with Crippen LogP contribution in [0.3, 0.4) is 0 Å². The fourth-order valence-electron chi connectivity index (χ4n) is 2.74. The van der Waals surface area contributed by atoms with Crippen LogP contribution in [0.5, 0.6) is 11.5 Å². The highest BCUT2D eigenvalue weighted by Gasteiger charge is 2.10. The van der Waals surface area contributed by atoms with Crippen LogP contribution in [0.15, 0.2) is 41.5 Å². The molecule has 0 N–H and O–H groups in total. The van der Waals surface area contributed by atoms with Crippen LogP contribution in [-0.2, 0) is 6.42 Å². The highest BCUT2D eigenvalue weighted by atomic mass is 16.5. The van der Waals surface area contributed by atoms with Crippen LogP contribution in [0.25, 0.3) is 0 Å². The van der Waals surface area contributed by atoms with Crippen molar-refractivity contribution in [2.75, 3.05) is 13.2 Å². The first kappa shape index (κ1) is 17.7. The van der Waals surface area contributed by atoms with E-state index in [2.05, 4.69) is 45.1 Å². The second-order valence-electron chi connectivity index (χ2n) is 6.19. The predicted octanol–water partition coefficient (Wildman–Crippen LogP) is 5.86. The van der Waals surface area contributed by atoms with Crippen molar-refractivity contribution in [3.63, 3.8) is 0 Å². The summed E-state index contributed by atoms with van der Waals surface area (Å²) < 4.78 is 11.6. The Bertz CT molecular complexity index is 555. The molecule has 0 atom stereocenters. The van der Waals surface area contributed by atoms with Crippen molar-refractivity contribution in [3.8, 4) is 11.5 Å². The van der Waals surface area contributed by atoms with Gasteiger partial charge in [0.1, 0.15) is 18.1 Å². The normalized spacial score (nSPS) is 15.1. The SMILES string of the molecule is CC/C(C)=C/CC/C(=C/COc1ccc2c(c1)OCCC2)CC. The van der Waals surface area contributed by atoms with E-state index in [9.17, 15) is 0 Å². The summed E-state index contributed by atoms with van der Waals surface area (Å²) in [6.45, 7) is 8.09. The minimum atomic E-state index is 0.637. The van der Waals surface area contributed by atoms with Crippen LogP contribution in [0.4, 0.5) is 0 Å². The first-order valence-corrected chi connectivity index (χ1v) is 8.95. The molecule has 0 fully saturated rings. The first-order valence-electron chi connectivity index (χ1n) is 8.95. The molecule has 1 aliphatic heterocycles. The largest absolute Gasteiger partial charge is 0.493 e. The Morgan fingerprint density at radius 1 is 1.22 bits per heavy atom. The lowest BCUT2D eigenvalue weighted by Crippen LogP contribution is -2.08. The fraction of sp³-hybridized carbons (Fsp3) is 0.524. The van der Waals surface area contributed by atoms with Gasteiger partial charge in [0.15, 0.2) is 0 Å². The van der Waals surface area contributed by atoms with Crippen LogP contribution in [0.2, 0.25) is 0 Å². The highest BCUT2D eigenvalue weighted by Crippen LogP contribution is 2.29. The van der Waals surface area contributed by atoms with Gasteiger partial charge in [-0.1, -0.05) is 37.1 Å². The number of hydrogen-bond acceptors (Lipinski definition) is 2. The molecular formula is C21H30O2. The smallest absolute Gasteiger partial charge is 0.126 e. The van der Waals surface area contributed by atoms with Gasteiger partial charge in [-0.2, -0.15) is 0 Å². The Balaban J connectivity index is 1.84. The van der Waals surface area contributed by atoms with E-state index < -0.39 is 0 Å². The summed E-state index contributed by atoms with van der Waals surface area (Å²) in [7, 11) is 0. The molecule has 23 heavy (non-hydrogen) atoms. The van der Waals surface area contributed by atoms with Gasteiger partial charge < -0.3 is 9.47 Å². The molecule has 1 heterocycles. The molecule has 2 nitrogen and oxygen atoms in total. The van der Waals surface area contributed by atoms with Gasteiger partial charge in [0.25, 0.3) is 0 Å². The van der Waals surface area contributed by atoms with Gasteiger partial charge in [-0.05, 0) is 63.2 Å². The third-order valence-electron chi connectivity index (χ3n) is 4.48. The molecule has 2 heteroatoms. The topological polar surface area (TPSA) is 18.5 Å². The molecule has 0 amide bonds. The van der Waals surface area contributed by atoms with Gasteiger partial charge in [-0.25, -0.2) is 0 Å². The average molecular weight is 314 g/mol. The second-order valence-corrected chi connectivity index (χ2v) is 6.19. The van der Waals surface area contributed by atoms with Gasteiger partial charge in [0.2, 0.25) is 0 Å². The quantitative estimate of drug-likeness (QED) is 0.559. The number of hydrogen-bond donors (Lipinski definition) is 0. The maximum absolute atomic E-state index is 5.88. The molecular weight excluding hydrogens is 284 g/mol. The Kier molecular flexibility index (Phi) is 7.25. The molecule has 0 unspecified atom stereocenters. The molecule has 0 saturated heterocycles. The molecule has 0 aromatic heterocycles. The third-order valence-corrected chi connectivity index (χ3v) is 4.48. The van der Waals surface area contributed by atoms with Crippen LogP contribution in [0.1, 0.15) is 58.4 Å². The molecule has 1 aromatic carbocycles. The van der Waals surface area contributed by atoms with Crippen LogP contribution < -0.4 is 9.47 Å². The van der Waals surface area contributed by atoms with Crippen molar-refractivity contribution in [2.45, 2.75) is 59.3 Å². The standard InChI is InChI=1S/C21H30O2/c1-4-17(3)8-6-9-18(5-2)13-15-22-20-12-11-19-10-7-14-23-21(19)16-20/h8,11-13,16H,4-7,9-10,14-15H2,1-3H3/b17-8+,18-13+. The highest BCUT2D eigenvalue weighted by molar-refractivity contribution is 5.41. The molecule has 0 aliphatic carbocycles. The lowest BCUT2D eigenvalue weighted by Gasteiger charge is -2.17. The Labute approximate surface area is 141 Å². The number of ether oxygens (including phenoxy) is 2. The van der Waals surface area contributed by atoms with Crippen molar-refractivity contribution in [2.24, 2.45) is 0 Å². The minimum Gasteiger partial charge on any atom is -0.493 e. The molecule has 0 radical (unpaired) electrons. The van der Waals surface area contributed by atoms with Crippen LogP contribution in [0, 0.1) is 0 Å². The molecule has 2 rings (SSSR count). The summed E-state index contributed by atoms with van der Waals surface area (Å²) in [5.41, 5.74) is 4.25. The summed E-state index contributed by atoms with van der Waals surface area (Å²) in [5.74, 6) is 1.90. The van der Waals surface area contributed by atoms with Crippen molar-refractivity contribution < 1.29 is 9.47 Å². The zero-order valence-corrected chi connectivity index (χ0v) is 14.9. The van der Waals surface area contributed by atoms with E-state index in [-0.39, 0.29) is 0 Å². The molecule has 0 bridgehead atoms. The van der Waals surface area contributed by atoms with E-state index in [4.69, 9.17) is 9.47 Å². The third kappa shape index (κ3) is 5.78. The molecule has 0 saturated carbocycles. The lowest BCUT2D eigenvalue weighted by atomic mass is 10.1. The van der Waals surface area contributed by atoms with Gasteiger partial charge in [0, 0.05) is 6.07 Å². The summed E-state index contributed by atoms with van der Waals surface area (Å²) in [5, 5.41) is 0. The molecule has 1 aromatic rings. The van der Waals surface area contributed by atoms with E-state index >= 15 is 0 Å². The Hall–Kier alpha value is -1.70. The monoisotopic (exact) mass is 314 g/mol. The summed E-state index contributed by atoms with van der Waals surface area (Å²) in [6.07, 6.45) is 11.3. The van der Waals surface area contributed by atoms with Crippen molar-refractivity contribution in [1.82, 2.24) is 0 Å². The van der Waals surface area contributed by atoms with E-state index in [0.717, 1.165) is 56.6 Å². The maximum Gasteiger partial charge on any atom is 0.126 e. The molecule has 1 aliphatic rings. The average Bonchev–Trinajstić information content (AvgIpc) is 2.60. The number of benzene rings is 1. The molecule has 0 spiro atoms. The lowest BCUT2D eigenvalue weighted by molar-refractivity contribution is 0.284. The van der Waals surface area contributed by atoms with Gasteiger partial charge in [-0.3, -0.25) is 0 Å². The van der Waals surface area contributed by atoms with Crippen molar-refractivity contribution in [1.29, 1.82) is 0 Å². The summed E-state index contributed by atoms with van der Waals surface area (Å²) in [6, 6.07) is 6.22. The van der Waals surface area contributed by atoms with Crippen molar-refractivity contribution >= 4 is 0 Å². The van der Waals surface area contributed by atoms with E-state index in [1.807, 2.05) is 6.07 Å². The Morgan fingerprint density at radius 2 is 2.09 bits per heavy atom. The number of fused-ring (bicyclic) bond motifs is 1. The minimum absolute atomic E-state index is 0.637. The number of rotatable bonds is 8. The van der Waals surface area contributed by atoms with Gasteiger partial charge >= 0.3 is 0 Å². The summed E-state index contributed by atoms with van der Waals surface area (Å²) >= 11 is 0. The first-order chi connectivity index (χ1) is 11.2. The van der Waals surface area contributed by atoms with E-state index in [0.29, 0.717) is 6.61 Å². The van der Waals surface area contributed by atoms with Gasteiger partial charge in [-0.15, -0.1) is 0 Å².